The van der Waals surface area contributed by atoms with Crippen LogP contribution in [-0.2, 0) is 30.1 Å². The van der Waals surface area contributed by atoms with Crippen LogP contribution < -0.4 is 4.72 Å². The largest absolute Gasteiger partial charge is 0.402 e. The summed E-state index contributed by atoms with van der Waals surface area (Å²) in [4.78, 5) is 0. The third-order valence-corrected chi connectivity index (χ3v) is 9.80. The third-order valence-electron chi connectivity index (χ3n) is 8.23. The monoisotopic (exact) mass is 534 g/mol. The molecule has 1 spiro atoms. The molecule has 1 aliphatic heterocycles. The number of aryl methyl sites for hydroxylation is 1. The lowest BCUT2D eigenvalue weighted by Crippen LogP contribution is -2.52. The first kappa shape index (κ1) is 24.6. The Morgan fingerprint density at radius 1 is 1.00 bits per heavy atom. The molecule has 0 radical (unpaired) electrons. The molecule has 1 saturated heterocycles. The lowest BCUT2D eigenvalue weighted by Gasteiger charge is -2.33. The highest BCUT2D eigenvalue weighted by molar-refractivity contribution is 7.87. The van der Waals surface area contributed by atoms with E-state index in [-0.39, 0.29) is 24.2 Å². The molecule has 1 saturated carbocycles. The van der Waals surface area contributed by atoms with E-state index in [0.717, 1.165) is 46.5 Å². The summed E-state index contributed by atoms with van der Waals surface area (Å²) < 4.78 is 83.2. The van der Waals surface area contributed by atoms with Crippen molar-refractivity contribution in [3.8, 4) is 22.5 Å². The first-order chi connectivity index (χ1) is 17.4. The summed E-state index contributed by atoms with van der Waals surface area (Å²) in [7, 11) is -2.37. The zero-order valence-electron chi connectivity index (χ0n) is 20.1. The molecular formula is C26H26F4N4O2S. The van der Waals surface area contributed by atoms with Gasteiger partial charge in [0.05, 0.1) is 16.9 Å². The quantitative estimate of drug-likeness (QED) is 0.505. The van der Waals surface area contributed by atoms with Gasteiger partial charge in [-0.3, -0.25) is 4.68 Å². The lowest BCUT2D eigenvalue weighted by atomic mass is 9.79. The van der Waals surface area contributed by atoms with Crippen molar-refractivity contribution >= 4 is 10.2 Å². The highest BCUT2D eigenvalue weighted by atomic mass is 32.2. The van der Waals surface area contributed by atoms with Crippen LogP contribution in [-0.4, -0.2) is 47.3 Å². The smallest absolute Gasteiger partial charge is 0.267 e. The number of rotatable bonds is 3. The topological polar surface area (TPSA) is 67.2 Å². The Labute approximate surface area is 212 Å². The molecule has 3 aliphatic rings. The standard InChI is InChI=1S/C26H26F4N4O2S/c1-33-24(13-23(31-33)16-4-8-22(27)9-5-16)18-3-2-17-11-20-6-7-21(12-19(17)10-18)25(20)14-34(15-26(28,29)30)37(35,36)32-25/h2-5,8-10,13,20-21,32H,6-7,11-12,14-15H2,1H3. The Morgan fingerprint density at radius 2 is 1.65 bits per heavy atom. The van der Waals surface area contributed by atoms with Gasteiger partial charge in [0.1, 0.15) is 12.4 Å². The number of hydrogen-bond donors (Lipinski definition) is 1. The number of aromatic nitrogens is 2. The van der Waals surface area contributed by atoms with Gasteiger partial charge in [-0.15, -0.1) is 0 Å². The van der Waals surface area contributed by atoms with E-state index in [9.17, 15) is 26.0 Å². The summed E-state index contributed by atoms with van der Waals surface area (Å²) in [5, 5.41) is 4.59. The normalized spacial score (nSPS) is 26.9. The molecule has 2 heterocycles. The molecule has 6 rings (SSSR count). The molecule has 3 unspecified atom stereocenters. The first-order valence-corrected chi connectivity index (χ1v) is 13.7. The summed E-state index contributed by atoms with van der Waals surface area (Å²) in [6.45, 7) is -1.63. The second kappa shape index (κ2) is 8.37. The molecule has 37 heavy (non-hydrogen) atoms. The Kier molecular flexibility index (Phi) is 5.56. The van der Waals surface area contributed by atoms with Crippen molar-refractivity contribution in [2.75, 3.05) is 13.1 Å². The van der Waals surface area contributed by atoms with E-state index in [1.54, 1.807) is 16.8 Å². The van der Waals surface area contributed by atoms with E-state index in [4.69, 9.17) is 0 Å². The Morgan fingerprint density at radius 3 is 2.32 bits per heavy atom. The number of hydrogen-bond acceptors (Lipinski definition) is 3. The lowest BCUT2D eigenvalue weighted by molar-refractivity contribution is -0.136. The molecule has 2 aliphatic carbocycles. The maximum Gasteiger partial charge on any atom is 0.402 e. The molecule has 2 bridgehead atoms. The third kappa shape index (κ3) is 4.26. The van der Waals surface area contributed by atoms with E-state index in [0.29, 0.717) is 17.1 Å². The minimum Gasteiger partial charge on any atom is -0.267 e. The number of nitrogens with one attached hydrogen (secondary N) is 1. The molecule has 3 atom stereocenters. The fraction of sp³-hybridized carbons (Fsp3) is 0.423. The molecule has 2 fully saturated rings. The van der Waals surface area contributed by atoms with E-state index in [1.165, 1.54) is 12.1 Å². The van der Waals surface area contributed by atoms with Gasteiger partial charge in [0.25, 0.3) is 10.2 Å². The van der Waals surface area contributed by atoms with Crippen LogP contribution in [0.1, 0.15) is 24.0 Å². The summed E-state index contributed by atoms with van der Waals surface area (Å²) >= 11 is 0. The van der Waals surface area contributed by atoms with Crippen LogP contribution in [0.4, 0.5) is 17.6 Å². The van der Waals surface area contributed by atoms with Crippen molar-refractivity contribution in [3.05, 3.63) is 65.5 Å². The van der Waals surface area contributed by atoms with Crippen LogP contribution in [0.25, 0.3) is 22.5 Å². The van der Waals surface area contributed by atoms with Gasteiger partial charge in [-0.05, 0) is 85.0 Å². The van der Waals surface area contributed by atoms with Gasteiger partial charge >= 0.3 is 6.18 Å². The molecule has 1 N–H and O–H groups in total. The second-order valence-electron chi connectivity index (χ2n) is 10.4. The maximum absolute atomic E-state index is 13.3. The van der Waals surface area contributed by atoms with Crippen molar-refractivity contribution in [2.24, 2.45) is 18.9 Å². The fourth-order valence-corrected chi connectivity index (χ4v) is 8.21. The zero-order chi connectivity index (χ0) is 26.2. The molecular weight excluding hydrogens is 508 g/mol. The van der Waals surface area contributed by atoms with Gasteiger partial charge in [-0.1, -0.05) is 12.1 Å². The maximum atomic E-state index is 13.3. The van der Waals surface area contributed by atoms with Crippen molar-refractivity contribution in [2.45, 2.75) is 37.4 Å². The average molecular weight is 535 g/mol. The number of halogens is 4. The predicted octanol–water partition coefficient (Wildman–Crippen LogP) is 4.47. The first-order valence-electron chi connectivity index (χ1n) is 12.2. The number of fused-ring (bicyclic) bond motifs is 1. The van der Waals surface area contributed by atoms with Crippen molar-refractivity contribution in [3.63, 3.8) is 0 Å². The summed E-state index contributed by atoms with van der Waals surface area (Å²) in [5.41, 5.74) is 4.63. The molecule has 0 amide bonds. The van der Waals surface area contributed by atoms with Gasteiger partial charge in [0.15, 0.2) is 0 Å². The molecule has 6 nitrogen and oxygen atoms in total. The van der Waals surface area contributed by atoms with Crippen molar-refractivity contribution < 1.29 is 26.0 Å². The zero-order valence-corrected chi connectivity index (χ0v) is 20.9. The Hall–Kier alpha value is -2.76. The van der Waals surface area contributed by atoms with Crippen LogP contribution >= 0.6 is 0 Å². The van der Waals surface area contributed by atoms with Crippen molar-refractivity contribution in [1.82, 2.24) is 18.8 Å². The molecule has 3 aromatic rings. The van der Waals surface area contributed by atoms with Crippen molar-refractivity contribution in [1.29, 1.82) is 0 Å². The molecule has 196 valence electrons. The number of alkyl halides is 3. The summed E-state index contributed by atoms with van der Waals surface area (Å²) in [5.74, 6) is -0.480. The molecule has 1 aromatic heterocycles. The minimum absolute atomic E-state index is 0.0700. The Balaban J connectivity index is 1.31. The van der Waals surface area contributed by atoms with Gasteiger partial charge in [0, 0.05) is 24.7 Å². The van der Waals surface area contributed by atoms with Crippen LogP contribution in [0.5, 0.6) is 0 Å². The van der Waals surface area contributed by atoms with Crippen LogP contribution in [0.3, 0.4) is 0 Å². The van der Waals surface area contributed by atoms with E-state index in [1.807, 2.05) is 25.2 Å². The number of benzene rings is 2. The highest BCUT2D eigenvalue weighted by Crippen LogP contribution is 2.51. The average Bonchev–Trinajstić information content (AvgIpc) is 3.38. The van der Waals surface area contributed by atoms with E-state index in [2.05, 4.69) is 15.9 Å². The minimum atomic E-state index is -4.60. The van der Waals surface area contributed by atoms with Gasteiger partial charge in [-0.25, -0.2) is 4.39 Å². The van der Waals surface area contributed by atoms with Gasteiger partial charge in [0.2, 0.25) is 0 Å². The Bertz CT molecular complexity index is 1470. The van der Waals surface area contributed by atoms with Crippen LogP contribution in [0.15, 0.2) is 48.5 Å². The predicted molar refractivity (Wildman–Crippen MR) is 130 cm³/mol. The van der Waals surface area contributed by atoms with E-state index < -0.39 is 28.5 Å². The highest BCUT2D eigenvalue weighted by Gasteiger charge is 2.60. The van der Waals surface area contributed by atoms with Gasteiger partial charge < -0.3 is 0 Å². The summed E-state index contributed by atoms with van der Waals surface area (Å²) in [6, 6.07) is 14.2. The second-order valence-corrected chi connectivity index (χ2v) is 12.1. The molecule has 2 aromatic carbocycles. The fourth-order valence-electron chi connectivity index (χ4n) is 6.50. The van der Waals surface area contributed by atoms with Gasteiger partial charge in [-0.2, -0.15) is 35.7 Å². The number of nitrogens with zero attached hydrogens (tertiary/aromatic N) is 3. The van der Waals surface area contributed by atoms with E-state index >= 15 is 0 Å². The summed E-state index contributed by atoms with van der Waals surface area (Å²) in [6.07, 6.45) is -1.86. The van der Waals surface area contributed by atoms with Crippen LogP contribution in [0.2, 0.25) is 0 Å². The molecule has 11 heteroatoms. The SMILES string of the molecule is Cn1nc(-c2ccc(F)cc2)cc1-c1ccc2c(c1)CC1CCC(C2)C12CN(CC(F)(F)F)S(=O)(=O)N2. The van der Waals surface area contributed by atoms with Crippen LogP contribution in [0, 0.1) is 17.7 Å².